The van der Waals surface area contributed by atoms with Gasteiger partial charge in [-0.15, -0.1) is 0 Å². The van der Waals surface area contributed by atoms with E-state index in [0.717, 1.165) is 16.7 Å². The molecule has 148 valence electrons. The van der Waals surface area contributed by atoms with Crippen molar-refractivity contribution in [3.63, 3.8) is 0 Å². The fourth-order valence-corrected chi connectivity index (χ4v) is 3.14. The molecule has 0 unspecified atom stereocenters. The molecule has 0 saturated heterocycles. The topological polar surface area (TPSA) is 56.5 Å². The van der Waals surface area contributed by atoms with Gasteiger partial charge in [0.25, 0.3) is 0 Å². The van der Waals surface area contributed by atoms with E-state index in [1.54, 1.807) is 18.2 Å². The van der Waals surface area contributed by atoms with Crippen LogP contribution >= 0.6 is 0 Å². The van der Waals surface area contributed by atoms with Crippen molar-refractivity contribution in [2.45, 2.75) is 13.8 Å². The van der Waals surface area contributed by atoms with Gasteiger partial charge < -0.3 is 9.15 Å². The van der Waals surface area contributed by atoms with Crippen molar-refractivity contribution in [1.29, 1.82) is 0 Å². The first kappa shape index (κ1) is 19.4. The Bertz CT molecular complexity index is 1300. The average molecular weight is 396 g/mol. The lowest BCUT2D eigenvalue weighted by Crippen LogP contribution is -2.14. The minimum absolute atomic E-state index is 0.111. The summed E-state index contributed by atoms with van der Waals surface area (Å²) in [5, 5.41) is 0.376. The molecule has 30 heavy (non-hydrogen) atoms. The molecule has 0 aliphatic carbocycles. The van der Waals surface area contributed by atoms with Gasteiger partial charge in [-0.25, -0.2) is 4.79 Å². The second kappa shape index (κ2) is 8.21. The van der Waals surface area contributed by atoms with Crippen LogP contribution < -0.4 is 10.2 Å². The van der Waals surface area contributed by atoms with Gasteiger partial charge >= 0.3 is 5.97 Å². The first-order chi connectivity index (χ1) is 14.5. The van der Waals surface area contributed by atoms with Crippen molar-refractivity contribution in [2.75, 3.05) is 0 Å². The third-order valence-electron chi connectivity index (χ3n) is 4.73. The van der Waals surface area contributed by atoms with Crippen LogP contribution in [0.3, 0.4) is 0 Å². The molecule has 0 aliphatic rings. The van der Waals surface area contributed by atoms with Crippen molar-refractivity contribution >= 4 is 23.0 Å². The van der Waals surface area contributed by atoms with Crippen LogP contribution in [0.5, 0.6) is 5.75 Å². The largest absolute Gasteiger partial charge is 0.452 e. The van der Waals surface area contributed by atoms with Crippen LogP contribution in [0.25, 0.3) is 28.4 Å². The summed E-state index contributed by atoms with van der Waals surface area (Å²) in [4.78, 5) is 25.7. The Balaban J connectivity index is 1.80. The number of hydrogen-bond acceptors (Lipinski definition) is 4. The van der Waals surface area contributed by atoms with E-state index in [1.807, 2.05) is 74.5 Å². The molecule has 0 saturated carbocycles. The van der Waals surface area contributed by atoms with Crippen LogP contribution in [0.4, 0.5) is 0 Å². The summed E-state index contributed by atoms with van der Waals surface area (Å²) in [5.74, 6) is -0.524. The van der Waals surface area contributed by atoms with Crippen molar-refractivity contribution in [3.05, 3.63) is 106 Å². The van der Waals surface area contributed by atoms with Crippen molar-refractivity contribution in [1.82, 2.24) is 0 Å². The van der Waals surface area contributed by atoms with Gasteiger partial charge in [-0.05, 0) is 37.6 Å². The van der Waals surface area contributed by atoms with Crippen molar-refractivity contribution in [2.24, 2.45) is 0 Å². The molecule has 4 rings (SSSR count). The van der Waals surface area contributed by atoms with E-state index in [0.29, 0.717) is 16.5 Å². The van der Waals surface area contributed by atoms with Crippen LogP contribution in [-0.4, -0.2) is 5.97 Å². The van der Waals surface area contributed by atoms with E-state index in [1.165, 1.54) is 6.08 Å². The highest BCUT2D eigenvalue weighted by molar-refractivity contribution is 5.91. The lowest BCUT2D eigenvalue weighted by atomic mass is 10.1. The first-order valence-electron chi connectivity index (χ1n) is 9.61. The van der Waals surface area contributed by atoms with E-state index in [-0.39, 0.29) is 16.9 Å². The van der Waals surface area contributed by atoms with Gasteiger partial charge in [0, 0.05) is 11.6 Å². The Hall–Kier alpha value is -3.92. The smallest absolute Gasteiger partial charge is 0.336 e. The minimum atomic E-state index is -0.647. The third kappa shape index (κ3) is 4.08. The van der Waals surface area contributed by atoms with Gasteiger partial charge in [-0.3, -0.25) is 4.79 Å². The summed E-state index contributed by atoms with van der Waals surface area (Å²) in [6.07, 6.45) is 2.94. The number of fused-ring (bicyclic) bond motifs is 1. The second-order valence-corrected chi connectivity index (χ2v) is 7.12. The number of hydrogen-bond donors (Lipinski definition) is 0. The van der Waals surface area contributed by atoms with Crippen molar-refractivity contribution in [3.8, 4) is 17.1 Å². The number of esters is 1. The van der Waals surface area contributed by atoms with Crippen LogP contribution in [0.15, 0.2) is 88.1 Å². The zero-order valence-corrected chi connectivity index (χ0v) is 16.7. The standard InChI is InChI=1S/C26H20O4/c1-17-8-12-20(13-9-17)25-26(24(28)21-16-18(2)10-14-22(21)29-25)30-23(27)15-11-19-6-4-3-5-7-19/h3-16H,1-2H3/b15-11+. The quantitative estimate of drug-likeness (QED) is 0.328. The molecule has 0 amide bonds. The molecule has 4 aromatic rings. The molecular formula is C26H20O4. The Labute approximate surface area is 174 Å². The van der Waals surface area contributed by atoms with E-state index >= 15 is 0 Å². The number of rotatable bonds is 4. The van der Waals surface area contributed by atoms with Crippen LogP contribution in [0.2, 0.25) is 0 Å². The Morgan fingerprint density at radius 2 is 1.60 bits per heavy atom. The van der Waals surface area contributed by atoms with Crippen LogP contribution in [-0.2, 0) is 4.79 Å². The molecule has 0 bridgehead atoms. The molecule has 4 heteroatoms. The lowest BCUT2D eigenvalue weighted by Gasteiger charge is -2.10. The highest BCUT2D eigenvalue weighted by Crippen LogP contribution is 2.31. The molecule has 0 fully saturated rings. The average Bonchev–Trinajstić information content (AvgIpc) is 2.76. The summed E-state index contributed by atoms with van der Waals surface area (Å²) in [6.45, 7) is 3.86. The lowest BCUT2D eigenvalue weighted by molar-refractivity contribution is -0.129. The van der Waals surface area contributed by atoms with Crippen molar-refractivity contribution < 1.29 is 13.9 Å². The molecule has 1 aromatic heterocycles. The van der Waals surface area contributed by atoms with Gasteiger partial charge in [0.15, 0.2) is 5.76 Å². The number of carbonyl (C=O) groups excluding carboxylic acids is 1. The molecule has 0 spiro atoms. The zero-order valence-electron chi connectivity index (χ0n) is 16.7. The van der Waals surface area contributed by atoms with Crippen LogP contribution in [0.1, 0.15) is 16.7 Å². The summed E-state index contributed by atoms with van der Waals surface area (Å²) in [6, 6.07) is 22.2. The Morgan fingerprint density at radius 3 is 2.33 bits per heavy atom. The summed E-state index contributed by atoms with van der Waals surface area (Å²) >= 11 is 0. The Kier molecular flexibility index (Phi) is 5.31. The normalized spacial score (nSPS) is 11.1. The summed E-state index contributed by atoms with van der Waals surface area (Å²) in [7, 11) is 0. The first-order valence-corrected chi connectivity index (χ1v) is 9.61. The predicted molar refractivity (Wildman–Crippen MR) is 119 cm³/mol. The van der Waals surface area contributed by atoms with Crippen LogP contribution in [0, 0.1) is 13.8 Å². The maximum absolute atomic E-state index is 13.2. The minimum Gasteiger partial charge on any atom is -0.452 e. The highest BCUT2D eigenvalue weighted by Gasteiger charge is 2.20. The monoisotopic (exact) mass is 396 g/mol. The number of aryl methyl sites for hydroxylation is 2. The number of carbonyl (C=O) groups is 1. The maximum Gasteiger partial charge on any atom is 0.336 e. The molecule has 3 aromatic carbocycles. The SMILES string of the molecule is Cc1ccc(-c2oc3ccc(C)cc3c(=O)c2OC(=O)/C=C/c2ccccc2)cc1. The van der Waals surface area contributed by atoms with E-state index in [9.17, 15) is 9.59 Å². The number of benzene rings is 3. The van der Waals surface area contributed by atoms with Gasteiger partial charge in [0.05, 0.1) is 5.39 Å². The molecular weight excluding hydrogens is 376 g/mol. The zero-order chi connectivity index (χ0) is 21.1. The molecule has 4 nitrogen and oxygen atoms in total. The van der Waals surface area contributed by atoms with Gasteiger partial charge in [-0.1, -0.05) is 71.8 Å². The molecule has 0 atom stereocenters. The summed E-state index contributed by atoms with van der Waals surface area (Å²) < 4.78 is 11.5. The van der Waals surface area contributed by atoms with E-state index < -0.39 is 5.97 Å². The van der Waals surface area contributed by atoms with Gasteiger partial charge in [0.1, 0.15) is 5.58 Å². The third-order valence-corrected chi connectivity index (χ3v) is 4.73. The Morgan fingerprint density at radius 1 is 0.900 bits per heavy atom. The summed E-state index contributed by atoms with van der Waals surface area (Å²) in [5.41, 5.74) is 3.57. The van der Waals surface area contributed by atoms with E-state index in [2.05, 4.69) is 0 Å². The molecule has 0 N–H and O–H groups in total. The molecule has 0 aliphatic heterocycles. The highest BCUT2D eigenvalue weighted by atomic mass is 16.5. The molecule has 1 heterocycles. The molecule has 0 radical (unpaired) electrons. The predicted octanol–water partition coefficient (Wildman–Crippen LogP) is 5.70. The fourth-order valence-electron chi connectivity index (χ4n) is 3.14. The number of ether oxygens (including phenoxy) is 1. The van der Waals surface area contributed by atoms with E-state index in [4.69, 9.17) is 9.15 Å². The van der Waals surface area contributed by atoms with Gasteiger partial charge in [0.2, 0.25) is 11.2 Å². The second-order valence-electron chi connectivity index (χ2n) is 7.12. The fraction of sp³-hybridized carbons (Fsp3) is 0.0769. The maximum atomic E-state index is 13.2. The van der Waals surface area contributed by atoms with Gasteiger partial charge in [-0.2, -0.15) is 0 Å².